The number of nitrogen functional groups attached to an aromatic ring is 1. The summed E-state index contributed by atoms with van der Waals surface area (Å²) in [5, 5.41) is 11.4. The lowest BCUT2D eigenvalue weighted by Gasteiger charge is -2.16. The van der Waals surface area contributed by atoms with Crippen LogP contribution in [0.5, 0.6) is 0 Å². The van der Waals surface area contributed by atoms with Crippen LogP contribution in [0.4, 0.5) is 11.8 Å². The zero-order valence-electron chi connectivity index (χ0n) is 18.6. The summed E-state index contributed by atoms with van der Waals surface area (Å²) in [6, 6.07) is 6.44. The second-order valence-electron chi connectivity index (χ2n) is 7.08. The first-order chi connectivity index (χ1) is 16.1. The molecule has 0 bridgehead atoms. The zero-order valence-corrected chi connectivity index (χ0v) is 20.2. The van der Waals surface area contributed by atoms with Crippen molar-refractivity contribution in [1.82, 2.24) is 14.8 Å². The fraction of sp³-hybridized carbons (Fsp3) is 0.286. The molecular weight excluding hydrogens is 484 g/mol. The molecule has 13 heteroatoms. The van der Waals surface area contributed by atoms with Crippen LogP contribution in [-0.4, -0.2) is 39.2 Å². The van der Waals surface area contributed by atoms with Crippen molar-refractivity contribution in [1.29, 1.82) is 0 Å². The van der Waals surface area contributed by atoms with Gasteiger partial charge in [-0.1, -0.05) is 41.6 Å². The van der Waals surface area contributed by atoms with Crippen LogP contribution in [0.1, 0.15) is 51.9 Å². The summed E-state index contributed by atoms with van der Waals surface area (Å²) >= 11 is 7.51. The summed E-state index contributed by atoms with van der Waals surface area (Å²) in [6.07, 6.45) is 0. The molecule has 0 aliphatic carbocycles. The molecule has 3 aromatic rings. The first-order valence-corrected chi connectivity index (χ1v) is 11.5. The number of nitrogens with one attached hydrogen (secondary N) is 1. The Bertz CT molecular complexity index is 1240. The van der Waals surface area contributed by atoms with Crippen molar-refractivity contribution in [3.8, 4) is 0 Å². The lowest BCUT2D eigenvalue weighted by molar-refractivity contribution is -0.119. The number of hydrogen-bond acceptors (Lipinski definition) is 9. The van der Waals surface area contributed by atoms with Gasteiger partial charge < -0.3 is 20.6 Å². The minimum absolute atomic E-state index is 0.0160. The summed E-state index contributed by atoms with van der Waals surface area (Å²) < 4.78 is 11.9. The van der Waals surface area contributed by atoms with Gasteiger partial charge in [-0.05, 0) is 32.4 Å². The number of thioether (sulfide) groups is 1. The van der Waals surface area contributed by atoms with E-state index >= 15 is 0 Å². The average molecular weight is 507 g/mol. The maximum Gasteiger partial charge on any atom is 0.342 e. The van der Waals surface area contributed by atoms with E-state index in [4.69, 9.17) is 32.2 Å². The molecule has 0 saturated heterocycles. The number of hydrogen-bond donors (Lipinski definition) is 3. The molecule has 2 heterocycles. The second-order valence-corrected chi connectivity index (χ2v) is 8.43. The fourth-order valence-electron chi connectivity index (χ4n) is 3.16. The number of nitrogens with two attached hydrogens (primary N) is 2. The molecule has 1 aromatic carbocycles. The van der Waals surface area contributed by atoms with Crippen molar-refractivity contribution in [2.24, 2.45) is 5.73 Å². The molecule has 0 spiro atoms. The number of esters is 1. The Kier molecular flexibility index (Phi) is 7.84. The molecule has 5 N–H and O–H groups in total. The predicted octanol–water partition coefficient (Wildman–Crippen LogP) is 3.18. The highest BCUT2D eigenvalue weighted by molar-refractivity contribution is 7.98. The number of rotatable bonds is 9. The molecule has 0 fully saturated rings. The number of ether oxygens (including phenoxy) is 1. The van der Waals surface area contributed by atoms with E-state index in [-0.39, 0.29) is 35.3 Å². The van der Waals surface area contributed by atoms with Gasteiger partial charge in [0, 0.05) is 10.8 Å². The number of carbonyl (C=O) groups excluding carboxylic acids is 3. The molecule has 0 aliphatic rings. The molecular formula is C21H23ClN6O5S. The van der Waals surface area contributed by atoms with Gasteiger partial charge in [-0.15, -0.1) is 10.2 Å². The lowest BCUT2D eigenvalue weighted by Crippen LogP contribution is -2.26. The number of amides is 2. The van der Waals surface area contributed by atoms with Crippen LogP contribution in [0.3, 0.4) is 0 Å². The minimum atomic E-state index is -0.956. The monoisotopic (exact) mass is 506 g/mol. The highest BCUT2D eigenvalue weighted by atomic mass is 35.5. The van der Waals surface area contributed by atoms with Crippen molar-refractivity contribution in [2.45, 2.75) is 37.7 Å². The van der Waals surface area contributed by atoms with Crippen molar-refractivity contribution in [3.63, 3.8) is 0 Å². The smallest absolute Gasteiger partial charge is 0.342 e. The average Bonchev–Trinajstić information content (AvgIpc) is 3.31. The number of furan rings is 1. The number of aromatic nitrogens is 3. The third-order valence-electron chi connectivity index (χ3n) is 4.82. The van der Waals surface area contributed by atoms with E-state index in [2.05, 4.69) is 15.5 Å². The fourth-order valence-corrected chi connectivity index (χ4v) is 4.47. The van der Waals surface area contributed by atoms with Crippen LogP contribution in [0.15, 0.2) is 33.8 Å². The SMILES string of the molecule is CCOC(=O)c1c(C)oc(NC(=O)C(C)n2c(N)nnc2SCc2ccccc2Cl)c1C(N)=O. The van der Waals surface area contributed by atoms with Crippen LogP contribution in [0, 0.1) is 6.92 Å². The third kappa shape index (κ3) is 5.18. The Balaban J connectivity index is 1.84. The number of anilines is 2. The Hall–Kier alpha value is -3.51. The molecule has 2 aromatic heterocycles. The first kappa shape index (κ1) is 25.1. The van der Waals surface area contributed by atoms with E-state index in [1.807, 2.05) is 18.2 Å². The van der Waals surface area contributed by atoms with Crippen LogP contribution >= 0.6 is 23.4 Å². The number of aryl methyl sites for hydroxylation is 1. The van der Waals surface area contributed by atoms with Crippen molar-refractivity contribution < 1.29 is 23.5 Å². The molecule has 0 radical (unpaired) electrons. The molecule has 1 unspecified atom stereocenters. The molecule has 11 nitrogen and oxygen atoms in total. The van der Waals surface area contributed by atoms with Crippen LogP contribution < -0.4 is 16.8 Å². The van der Waals surface area contributed by atoms with Gasteiger partial charge in [0.2, 0.25) is 17.7 Å². The Morgan fingerprint density at radius 3 is 2.62 bits per heavy atom. The van der Waals surface area contributed by atoms with Gasteiger partial charge in [0.1, 0.15) is 22.9 Å². The van der Waals surface area contributed by atoms with E-state index < -0.39 is 23.8 Å². The van der Waals surface area contributed by atoms with E-state index in [1.165, 1.54) is 23.3 Å². The Labute approximate surface area is 204 Å². The van der Waals surface area contributed by atoms with Crippen molar-refractivity contribution in [2.75, 3.05) is 17.7 Å². The summed E-state index contributed by atoms with van der Waals surface area (Å²) in [5.41, 5.74) is 11.9. The summed E-state index contributed by atoms with van der Waals surface area (Å²) in [5.74, 6) is -2.04. The van der Waals surface area contributed by atoms with Gasteiger partial charge in [-0.2, -0.15) is 0 Å². The number of carbonyl (C=O) groups is 3. The molecule has 3 rings (SSSR count). The summed E-state index contributed by atoms with van der Waals surface area (Å²) in [6.45, 7) is 4.73. The standard InChI is InChI=1S/C21H23ClN6O5S/c1-4-32-19(31)14-11(3)33-18(15(14)16(23)29)25-17(30)10(2)28-20(24)26-27-21(28)34-9-12-7-5-6-8-13(12)22/h5-8,10H,4,9H2,1-3H3,(H2,23,29)(H2,24,26)(H,25,30). The van der Waals surface area contributed by atoms with Gasteiger partial charge >= 0.3 is 5.97 Å². The molecule has 2 amide bonds. The Morgan fingerprint density at radius 1 is 1.26 bits per heavy atom. The highest BCUT2D eigenvalue weighted by Gasteiger charge is 2.31. The quantitative estimate of drug-likeness (QED) is 0.291. The van der Waals surface area contributed by atoms with Crippen LogP contribution in [-0.2, 0) is 15.3 Å². The lowest BCUT2D eigenvalue weighted by atomic mass is 10.1. The van der Waals surface area contributed by atoms with E-state index in [0.29, 0.717) is 15.9 Å². The summed E-state index contributed by atoms with van der Waals surface area (Å²) in [4.78, 5) is 37.3. The van der Waals surface area contributed by atoms with E-state index in [0.717, 1.165) is 5.56 Å². The van der Waals surface area contributed by atoms with Gasteiger partial charge in [-0.25, -0.2) is 4.79 Å². The first-order valence-electron chi connectivity index (χ1n) is 10.1. The van der Waals surface area contributed by atoms with Gasteiger partial charge in [0.25, 0.3) is 5.91 Å². The molecule has 180 valence electrons. The maximum atomic E-state index is 13.0. The maximum absolute atomic E-state index is 13.0. The molecule has 1 atom stereocenters. The second kappa shape index (κ2) is 10.6. The molecule has 0 saturated carbocycles. The predicted molar refractivity (Wildman–Crippen MR) is 127 cm³/mol. The van der Waals surface area contributed by atoms with Gasteiger partial charge in [-0.3, -0.25) is 19.5 Å². The minimum Gasteiger partial charge on any atom is -0.462 e. The molecule has 0 aliphatic heterocycles. The number of halogens is 1. The third-order valence-corrected chi connectivity index (χ3v) is 6.18. The van der Waals surface area contributed by atoms with E-state index in [1.54, 1.807) is 19.9 Å². The number of primary amides is 1. The van der Waals surface area contributed by atoms with Crippen molar-refractivity contribution in [3.05, 3.63) is 51.7 Å². The topological polar surface area (TPSA) is 168 Å². The summed E-state index contributed by atoms with van der Waals surface area (Å²) in [7, 11) is 0. The normalized spacial score (nSPS) is 11.8. The van der Waals surface area contributed by atoms with Crippen molar-refractivity contribution >= 4 is 53.0 Å². The number of nitrogens with zero attached hydrogens (tertiary/aromatic N) is 3. The zero-order chi connectivity index (χ0) is 25.0. The van der Waals surface area contributed by atoms with Crippen LogP contribution in [0.2, 0.25) is 5.02 Å². The van der Waals surface area contributed by atoms with Gasteiger partial charge in [0.05, 0.1) is 6.61 Å². The highest BCUT2D eigenvalue weighted by Crippen LogP contribution is 2.31. The Morgan fingerprint density at radius 2 is 1.97 bits per heavy atom. The van der Waals surface area contributed by atoms with Gasteiger partial charge in [0.15, 0.2) is 5.16 Å². The molecule has 34 heavy (non-hydrogen) atoms. The van der Waals surface area contributed by atoms with Crippen LogP contribution in [0.25, 0.3) is 0 Å². The van der Waals surface area contributed by atoms with E-state index in [9.17, 15) is 14.4 Å². The number of benzene rings is 1. The largest absolute Gasteiger partial charge is 0.462 e.